The van der Waals surface area contributed by atoms with Crippen LogP contribution in [0.15, 0.2) is 24.3 Å². The Morgan fingerprint density at radius 2 is 1.46 bits per heavy atom. The predicted molar refractivity (Wildman–Crippen MR) is 144 cm³/mol. The average Bonchev–Trinajstić information content (AvgIpc) is 3.14. The van der Waals surface area contributed by atoms with Crippen molar-refractivity contribution in [3.05, 3.63) is 30.1 Å². The number of hydrogen-bond donors (Lipinski definition) is 1. The fourth-order valence-corrected chi connectivity index (χ4v) is 9.27. The van der Waals surface area contributed by atoms with Gasteiger partial charge in [0.15, 0.2) is 0 Å². The molecule has 7 rings (SSSR count). The van der Waals surface area contributed by atoms with Gasteiger partial charge in [-0.1, -0.05) is 50.7 Å². The number of hydrogen-bond acceptors (Lipinski definition) is 3. The molecule has 0 amide bonds. The zero-order valence-corrected chi connectivity index (χ0v) is 21.7. The maximum absolute atomic E-state index is 5.24. The molecular formula is C31H46N4. The molecule has 4 bridgehead atoms. The van der Waals surface area contributed by atoms with Gasteiger partial charge in [0.1, 0.15) is 5.82 Å². The summed E-state index contributed by atoms with van der Waals surface area (Å²) in [6.45, 7) is 1.18. The van der Waals surface area contributed by atoms with E-state index in [1.807, 2.05) is 0 Å². The molecule has 0 spiro atoms. The Bertz CT molecular complexity index is 979. The first-order chi connectivity index (χ1) is 17.3. The second-order valence-electron chi connectivity index (χ2n) is 12.9. The maximum atomic E-state index is 5.24. The Morgan fingerprint density at radius 3 is 2.20 bits per heavy atom. The summed E-state index contributed by atoms with van der Waals surface area (Å²) >= 11 is 0. The van der Waals surface area contributed by atoms with Crippen molar-refractivity contribution in [3.63, 3.8) is 0 Å². The van der Waals surface area contributed by atoms with Crippen molar-refractivity contribution < 1.29 is 0 Å². The summed E-state index contributed by atoms with van der Waals surface area (Å²) < 4.78 is 2.73. The van der Waals surface area contributed by atoms with E-state index in [-0.39, 0.29) is 0 Å². The van der Waals surface area contributed by atoms with Crippen LogP contribution in [0.3, 0.4) is 0 Å². The summed E-state index contributed by atoms with van der Waals surface area (Å²) in [5.74, 6) is 3.39. The number of piperidine rings is 3. The van der Waals surface area contributed by atoms with E-state index in [2.05, 4.69) is 39.0 Å². The second kappa shape index (κ2) is 9.82. The van der Waals surface area contributed by atoms with E-state index in [4.69, 9.17) is 4.98 Å². The van der Waals surface area contributed by atoms with Gasteiger partial charge in [-0.25, -0.2) is 4.98 Å². The van der Waals surface area contributed by atoms with Crippen molar-refractivity contribution in [1.82, 2.24) is 19.8 Å². The van der Waals surface area contributed by atoms with Crippen LogP contribution < -0.4 is 5.32 Å². The molecule has 4 heteroatoms. The predicted octanol–water partition coefficient (Wildman–Crippen LogP) is 6.64. The molecule has 2 unspecified atom stereocenters. The van der Waals surface area contributed by atoms with E-state index in [0.29, 0.717) is 12.1 Å². The standard InChI is InChI=1S/C31H46N4/c1-2-9-23-16-22(8-1)17-27(18-23)34-25-11-7-12-26(34)21-28(20-25)35-30-14-4-3-13-29(30)33-31(35)19-24-10-5-6-15-32-24/h3-4,13-14,22-28,32H,1-2,5-12,15-21H2/t22-,23+,24-,25-,26+,27?,28?/m0/s1. The molecule has 1 aromatic carbocycles. The fourth-order valence-electron chi connectivity index (χ4n) is 9.27. The van der Waals surface area contributed by atoms with Crippen LogP contribution in [0.4, 0.5) is 0 Å². The molecule has 1 aromatic heterocycles. The number of rotatable bonds is 4. The molecule has 0 radical (unpaired) electrons. The van der Waals surface area contributed by atoms with Crippen LogP contribution in [0.25, 0.3) is 11.0 Å². The third-order valence-electron chi connectivity index (χ3n) is 10.7. The topological polar surface area (TPSA) is 33.1 Å². The first-order valence-electron chi connectivity index (χ1n) is 15.3. The molecule has 3 saturated heterocycles. The number of para-hydroxylation sites is 2. The van der Waals surface area contributed by atoms with Crippen LogP contribution in [0.1, 0.15) is 108 Å². The van der Waals surface area contributed by atoms with E-state index in [1.165, 1.54) is 113 Å². The number of fused-ring (bicyclic) bond motifs is 5. The van der Waals surface area contributed by atoms with E-state index in [0.717, 1.165) is 36.4 Å². The number of nitrogens with one attached hydrogen (secondary N) is 1. The van der Waals surface area contributed by atoms with Crippen LogP contribution in [-0.2, 0) is 6.42 Å². The summed E-state index contributed by atoms with van der Waals surface area (Å²) in [4.78, 5) is 8.36. The van der Waals surface area contributed by atoms with Gasteiger partial charge >= 0.3 is 0 Å². The monoisotopic (exact) mass is 474 g/mol. The number of aromatic nitrogens is 2. The normalized spacial score (nSPS) is 38.3. The Hall–Kier alpha value is -1.39. The van der Waals surface area contributed by atoms with Crippen LogP contribution in [0.5, 0.6) is 0 Å². The highest BCUT2D eigenvalue weighted by Crippen LogP contribution is 2.47. The lowest BCUT2D eigenvalue weighted by atomic mass is 9.73. The third kappa shape index (κ3) is 4.48. The highest BCUT2D eigenvalue weighted by molar-refractivity contribution is 5.76. The summed E-state index contributed by atoms with van der Waals surface area (Å²) in [5.41, 5.74) is 2.60. The van der Waals surface area contributed by atoms with Gasteiger partial charge in [-0.3, -0.25) is 4.90 Å². The van der Waals surface area contributed by atoms with Crippen LogP contribution in [0, 0.1) is 11.8 Å². The first-order valence-corrected chi connectivity index (χ1v) is 15.3. The average molecular weight is 475 g/mol. The minimum Gasteiger partial charge on any atom is -0.325 e. The summed E-state index contributed by atoms with van der Waals surface area (Å²) in [7, 11) is 0. The first kappa shape index (κ1) is 22.8. The summed E-state index contributed by atoms with van der Waals surface area (Å²) in [6.07, 6.45) is 22.6. The highest BCUT2D eigenvalue weighted by atomic mass is 15.3. The van der Waals surface area contributed by atoms with Gasteiger partial charge in [0, 0.05) is 36.6 Å². The van der Waals surface area contributed by atoms with Crippen molar-refractivity contribution in [2.24, 2.45) is 11.8 Å². The van der Waals surface area contributed by atoms with E-state index in [9.17, 15) is 0 Å². The Kier molecular flexibility index (Phi) is 6.39. The van der Waals surface area contributed by atoms with Crippen molar-refractivity contribution >= 4 is 11.0 Å². The summed E-state index contributed by atoms with van der Waals surface area (Å²) in [5, 5.41) is 3.79. The molecule has 3 aliphatic heterocycles. The van der Waals surface area contributed by atoms with Crippen molar-refractivity contribution in [2.45, 2.75) is 133 Å². The SMILES string of the molecule is c1ccc2c(c1)nc(C[C@@H]1CCCCN1)n2C1C[C@H]2CCC[C@@H](C1)N2C1C[C@H]2CCCC[C@@H](C1)C2. The summed E-state index contributed by atoms with van der Waals surface area (Å²) in [6, 6.07) is 12.7. The lowest BCUT2D eigenvalue weighted by Gasteiger charge is -2.54. The Balaban J connectivity index is 1.16. The van der Waals surface area contributed by atoms with Crippen LogP contribution in [0.2, 0.25) is 0 Å². The molecule has 190 valence electrons. The van der Waals surface area contributed by atoms with Crippen LogP contribution >= 0.6 is 0 Å². The van der Waals surface area contributed by atoms with E-state index >= 15 is 0 Å². The van der Waals surface area contributed by atoms with Crippen molar-refractivity contribution in [3.8, 4) is 0 Å². The van der Waals surface area contributed by atoms with Crippen LogP contribution in [-0.4, -0.2) is 45.2 Å². The fraction of sp³-hybridized carbons (Fsp3) is 0.774. The van der Waals surface area contributed by atoms with Crippen molar-refractivity contribution in [1.29, 1.82) is 0 Å². The molecule has 1 N–H and O–H groups in total. The third-order valence-corrected chi connectivity index (χ3v) is 10.7. The van der Waals surface area contributed by atoms with E-state index in [1.54, 1.807) is 6.42 Å². The molecule has 35 heavy (non-hydrogen) atoms. The Morgan fingerprint density at radius 1 is 0.714 bits per heavy atom. The highest BCUT2D eigenvalue weighted by Gasteiger charge is 2.45. The van der Waals surface area contributed by atoms with Gasteiger partial charge in [0.25, 0.3) is 0 Å². The number of benzene rings is 1. The van der Waals surface area contributed by atoms with Gasteiger partial charge < -0.3 is 9.88 Å². The minimum absolute atomic E-state index is 0.601. The smallest absolute Gasteiger partial charge is 0.111 e. The molecule has 4 heterocycles. The molecule has 2 aromatic rings. The second-order valence-corrected chi connectivity index (χ2v) is 12.9. The number of nitrogens with zero attached hydrogens (tertiary/aromatic N) is 3. The molecule has 7 atom stereocenters. The van der Waals surface area contributed by atoms with Crippen molar-refractivity contribution in [2.75, 3.05) is 6.54 Å². The lowest BCUT2D eigenvalue weighted by Crippen LogP contribution is -2.58. The minimum atomic E-state index is 0.601. The quantitative estimate of drug-likeness (QED) is 0.539. The Labute approximate surface area is 212 Å². The zero-order chi connectivity index (χ0) is 23.2. The van der Waals surface area contributed by atoms with Gasteiger partial charge in [0.2, 0.25) is 0 Å². The largest absolute Gasteiger partial charge is 0.325 e. The molecule has 2 aliphatic carbocycles. The molecule has 4 nitrogen and oxygen atoms in total. The van der Waals surface area contributed by atoms with Gasteiger partial charge in [-0.2, -0.15) is 0 Å². The molecular weight excluding hydrogens is 428 g/mol. The zero-order valence-electron chi connectivity index (χ0n) is 21.7. The van der Waals surface area contributed by atoms with Gasteiger partial charge in [-0.15, -0.1) is 0 Å². The number of imidazole rings is 1. The van der Waals surface area contributed by atoms with Gasteiger partial charge in [0.05, 0.1) is 11.0 Å². The molecule has 5 aliphatic rings. The lowest BCUT2D eigenvalue weighted by molar-refractivity contribution is -0.0420. The molecule has 2 saturated carbocycles. The maximum Gasteiger partial charge on any atom is 0.111 e. The van der Waals surface area contributed by atoms with E-state index < -0.39 is 0 Å². The van der Waals surface area contributed by atoms with Gasteiger partial charge in [-0.05, 0) is 88.3 Å². The molecule has 5 fully saturated rings.